The molecule has 2 aromatic rings. The Balaban J connectivity index is 1.89. The van der Waals surface area contributed by atoms with Crippen LogP contribution in [0.15, 0.2) is 18.2 Å². The molecule has 3 rings (SSSR count). The predicted molar refractivity (Wildman–Crippen MR) is 82.1 cm³/mol. The van der Waals surface area contributed by atoms with Crippen LogP contribution in [0.2, 0.25) is 0 Å². The van der Waals surface area contributed by atoms with Gasteiger partial charge in [0.2, 0.25) is 0 Å². The second-order valence-electron chi connectivity index (χ2n) is 5.91. The fraction of sp³-hybridized carbons (Fsp3) is 0.471. The van der Waals surface area contributed by atoms with Crippen molar-refractivity contribution in [2.45, 2.75) is 52.0 Å². The molecule has 0 aliphatic heterocycles. The third kappa shape index (κ3) is 2.33. The Kier molecular flexibility index (Phi) is 3.51. The molecule has 0 saturated heterocycles. The smallest absolute Gasteiger partial charge is 0.253 e. The minimum atomic E-state index is 0.0590. The zero-order valence-corrected chi connectivity index (χ0v) is 12.3. The van der Waals surface area contributed by atoms with Crippen molar-refractivity contribution in [3.63, 3.8) is 0 Å². The molecule has 1 aromatic heterocycles. The number of hydrogen-bond donors (Lipinski definition) is 2. The number of nitrogens with one attached hydrogen (secondary N) is 2. The summed E-state index contributed by atoms with van der Waals surface area (Å²) in [5.74, 6) is 0.0590. The highest BCUT2D eigenvalue weighted by atomic mass is 16.1. The molecule has 1 heterocycles. The molecule has 1 amide bonds. The van der Waals surface area contributed by atoms with E-state index in [1.54, 1.807) is 0 Å². The van der Waals surface area contributed by atoms with E-state index in [-0.39, 0.29) is 5.91 Å². The monoisotopic (exact) mass is 270 g/mol. The van der Waals surface area contributed by atoms with Gasteiger partial charge in [0.15, 0.2) is 0 Å². The van der Waals surface area contributed by atoms with E-state index in [1.165, 1.54) is 24.8 Å². The van der Waals surface area contributed by atoms with Crippen LogP contribution < -0.4 is 5.32 Å². The minimum Gasteiger partial charge on any atom is -0.358 e. The Morgan fingerprint density at radius 2 is 1.95 bits per heavy atom. The largest absolute Gasteiger partial charge is 0.358 e. The summed E-state index contributed by atoms with van der Waals surface area (Å²) in [5.41, 5.74) is 4.10. The van der Waals surface area contributed by atoms with Crippen LogP contribution in [-0.2, 0) is 0 Å². The Bertz CT molecular complexity index is 636. The summed E-state index contributed by atoms with van der Waals surface area (Å²) in [6.45, 7) is 4.15. The van der Waals surface area contributed by atoms with Gasteiger partial charge in [-0.2, -0.15) is 0 Å². The van der Waals surface area contributed by atoms with Gasteiger partial charge in [0, 0.05) is 17.1 Å². The van der Waals surface area contributed by atoms with Crippen LogP contribution in [0.1, 0.15) is 53.7 Å². The first-order valence-electron chi connectivity index (χ1n) is 7.55. The molecule has 1 aliphatic rings. The molecule has 0 atom stereocenters. The Morgan fingerprint density at radius 1 is 1.20 bits per heavy atom. The lowest BCUT2D eigenvalue weighted by Gasteiger charge is -2.22. The van der Waals surface area contributed by atoms with E-state index in [4.69, 9.17) is 0 Å². The van der Waals surface area contributed by atoms with E-state index in [1.807, 2.05) is 12.1 Å². The Morgan fingerprint density at radius 3 is 2.70 bits per heavy atom. The summed E-state index contributed by atoms with van der Waals surface area (Å²) in [6, 6.07) is 6.31. The topological polar surface area (TPSA) is 44.9 Å². The number of carbonyl (C=O) groups is 1. The van der Waals surface area contributed by atoms with Gasteiger partial charge in [-0.05, 0) is 38.3 Å². The molecule has 106 valence electrons. The predicted octanol–water partition coefficient (Wildman–Crippen LogP) is 3.85. The molecule has 2 N–H and O–H groups in total. The summed E-state index contributed by atoms with van der Waals surface area (Å²) < 4.78 is 0. The molecule has 1 saturated carbocycles. The van der Waals surface area contributed by atoms with Crippen molar-refractivity contribution in [1.29, 1.82) is 0 Å². The van der Waals surface area contributed by atoms with Crippen LogP contribution in [0.25, 0.3) is 10.9 Å². The average molecular weight is 270 g/mol. The molecule has 20 heavy (non-hydrogen) atoms. The van der Waals surface area contributed by atoms with E-state index < -0.39 is 0 Å². The second-order valence-corrected chi connectivity index (χ2v) is 5.91. The lowest BCUT2D eigenvalue weighted by Crippen LogP contribution is -2.36. The number of aromatic amines is 1. The number of carbonyl (C=O) groups excluding carboxylic acids is 1. The third-order valence-electron chi connectivity index (χ3n) is 4.53. The van der Waals surface area contributed by atoms with E-state index in [9.17, 15) is 4.79 Å². The molecular weight excluding hydrogens is 248 g/mol. The minimum absolute atomic E-state index is 0.0590. The molecule has 0 unspecified atom stereocenters. The summed E-state index contributed by atoms with van der Waals surface area (Å²) in [7, 11) is 0. The normalized spacial score (nSPS) is 16.5. The molecule has 1 aromatic carbocycles. The number of para-hydroxylation sites is 1. The Labute approximate surface area is 119 Å². The quantitative estimate of drug-likeness (QED) is 0.855. The number of aromatic nitrogens is 1. The van der Waals surface area contributed by atoms with Gasteiger partial charge in [0.05, 0.1) is 11.1 Å². The van der Waals surface area contributed by atoms with Crippen molar-refractivity contribution in [2.75, 3.05) is 0 Å². The first-order valence-corrected chi connectivity index (χ1v) is 7.55. The highest BCUT2D eigenvalue weighted by Crippen LogP contribution is 2.25. The van der Waals surface area contributed by atoms with Crippen LogP contribution in [0, 0.1) is 13.8 Å². The number of aryl methyl sites for hydroxylation is 2. The molecular formula is C17H22N2O. The van der Waals surface area contributed by atoms with Gasteiger partial charge in [-0.15, -0.1) is 0 Å². The molecule has 0 radical (unpaired) electrons. The van der Waals surface area contributed by atoms with Crippen LogP contribution in [0.5, 0.6) is 0 Å². The zero-order chi connectivity index (χ0) is 14.1. The maximum absolute atomic E-state index is 12.5. The summed E-state index contributed by atoms with van der Waals surface area (Å²) >= 11 is 0. The van der Waals surface area contributed by atoms with Crippen LogP contribution in [0.4, 0.5) is 0 Å². The van der Waals surface area contributed by atoms with E-state index in [0.717, 1.165) is 35.0 Å². The summed E-state index contributed by atoms with van der Waals surface area (Å²) in [5, 5.41) is 4.35. The van der Waals surface area contributed by atoms with Gasteiger partial charge in [-0.1, -0.05) is 31.4 Å². The third-order valence-corrected chi connectivity index (χ3v) is 4.53. The second kappa shape index (κ2) is 5.31. The first kappa shape index (κ1) is 13.2. The Hall–Kier alpha value is -1.77. The molecule has 3 heteroatoms. The number of benzene rings is 1. The van der Waals surface area contributed by atoms with Gasteiger partial charge in [0.1, 0.15) is 0 Å². The van der Waals surface area contributed by atoms with Gasteiger partial charge >= 0.3 is 0 Å². The van der Waals surface area contributed by atoms with E-state index in [2.05, 4.69) is 30.2 Å². The maximum atomic E-state index is 12.5. The number of fused-ring (bicyclic) bond motifs is 1. The maximum Gasteiger partial charge on any atom is 0.253 e. The average Bonchev–Trinajstić information content (AvgIpc) is 2.75. The van der Waals surface area contributed by atoms with Crippen molar-refractivity contribution in [3.8, 4) is 0 Å². The van der Waals surface area contributed by atoms with E-state index in [0.29, 0.717) is 6.04 Å². The van der Waals surface area contributed by atoms with Crippen molar-refractivity contribution < 1.29 is 4.79 Å². The fourth-order valence-corrected chi connectivity index (χ4v) is 3.18. The lowest BCUT2D eigenvalue weighted by molar-refractivity contribution is 0.0929. The molecule has 3 nitrogen and oxygen atoms in total. The van der Waals surface area contributed by atoms with E-state index >= 15 is 0 Å². The number of amides is 1. The van der Waals surface area contributed by atoms with Crippen LogP contribution >= 0.6 is 0 Å². The van der Waals surface area contributed by atoms with Crippen molar-refractivity contribution in [2.24, 2.45) is 0 Å². The van der Waals surface area contributed by atoms with Gasteiger partial charge in [0.25, 0.3) is 5.91 Å². The van der Waals surface area contributed by atoms with Gasteiger partial charge in [-0.25, -0.2) is 0 Å². The molecule has 1 fully saturated rings. The highest BCUT2D eigenvalue weighted by Gasteiger charge is 2.19. The van der Waals surface area contributed by atoms with Crippen molar-refractivity contribution in [3.05, 3.63) is 35.0 Å². The lowest BCUT2D eigenvalue weighted by atomic mass is 9.95. The number of hydrogen-bond acceptors (Lipinski definition) is 1. The summed E-state index contributed by atoms with van der Waals surface area (Å²) in [4.78, 5) is 15.9. The van der Waals surface area contributed by atoms with Crippen LogP contribution in [-0.4, -0.2) is 16.9 Å². The standard InChI is InChI=1S/C17H22N2O/c1-11-12(2)18-16-14(11)9-6-10-15(16)17(20)19-13-7-4-3-5-8-13/h6,9-10,13,18H,3-5,7-8H2,1-2H3,(H,19,20). The molecule has 1 aliphatic carbocycles. The number of rotatable bonds is 2. The van der Waals surface area contributed by atoms with Crippen molar-refractivity contribution in [1.82, 2.24) is 10.3 Å². The van der Waals surface area contributed by atoms with Crippen molar-refractivity contribution >= 4 is 16.8 Å². The SMILES string of the molecule is Cc1[nH]c2c(C(=O)NC3CCCCC3)cccc2c1C. The zero-order valence-electron chi connectivity index (χ0n) is 12.3. The first-order chi connectivity index (χ1) is 9.66. The summed E-state index contributed by atoms with van der Waals surface area (Å²) in [6.07, 6.45) is 6.00. The highest BCUT2D eigenvalue weighted by molar-refractivity contribution is 6.06. The van der Waals surface area contributed by atoms with Gasteiger partial charge in [-0.3, -0.25) is 4.79 Å². The fourth-order valence-electron chi connectivity index (χ4n) is 3.18. The van der Waals surface area contributed by atoms with Crippen LogP contribution in [0.3, 0.4) is 0 Å². The molecule has 0 bridgehead atoms. The van der Waals surface area contributed by atoms with Gasteiger partial charge < -0.3 is 10.3 Å². The molecule has 0 spiro atoms. The number of H-pyrrole nitrogens is 1.